The Balaban J connectivity index is 1.72. The molecule has 80 valence electrons. The summed E-state index contributed by atoms with van der Waals surface area (Å²) in [5.41, 5.74) is -0.350. The fraction of sp³-hybridized carbons (Fsp3) is 1.00. The van der Waals surface area contributed by atoms with Crippen molar-refractivity contribution in [1.29, 1.82) is 0 Å². The third-order valence-corrected chi connectivity index (χ3v) is 4.61. The van der Waals surface area contributed by atoms with E-state index in [0.717, 1.165) is 13.1 Å². The van der Waals surface area contributed by atoms with Crippen LogP contribution in [0.2, 0.25) is 0 Å². The van der Waals surface area contributed by atoms with Gasteiger partial charge in [0.15, 0.2) is 0 Å². The Kier molecular flexibility index (Phi) is 2.10. The molecule has 2 saturated carbocycles. The maximum absolute atomic E-state index is 10.6. The first-order valence-electron chi connectivity index (χ1n) is 6.31. The molecule has 0 aromatic rings. The molecule has 3 aliphatic rings. The smallest absolute Gasteiger partial charge is 0.125 e. The van der Waals surface area contributed by atoms with Crippen LogP contribution >= 0.6 is 0 Å². The first-order valence-corrected chi connectivity index (χ1v) is 6.31. The molecule has 0 bridgehead atoms. The van der Waals surface area contributed by atoms with E-state index in [1.54, 1.807) is 0 Å². The summed E-state index contributed by atoms with van der Waals surface area (Å²) in [4.78, 5) is 2.37. The Hall–Kier alpha value is -0.0800. The molecule has 1 saturated heterocycles. The van der Waals surface area contributed by atoms with Gasteiger partial charge in [0.1, 0.15) is 5.72 Å². The lowest BCUT2D eigenvalue weighted by Gasteiger charge is -2.25. The van der Waals surface area contributed by atoms with Crippen molar-refractivity contribution in [2.45, 2.75) is 50.7 Å². The molecule has 2 aliphatic carbocycles. The van der Waals surface area contributed by atoms with Gasteiger partial charge in [-0.05, 0) is 25.7 Å². The van der Waals surface area contributed by atoms with Crippen molar-refractivity contribution in [2.75, 3.05) is 13.1 Å². The van der Waals surface area contributed by atoms with Crippen LogP contribution in [-0.2, 0) is 0 Å². The number of nitrogens with zero attached hydrogens (tertiary/aromatic N) is 1. The van der Waals surface area contributed by atoms with Crippen molar-refractivity contribution < 1.29 is 5.11 Å². The van der Waals surface area contributed by atoms with Gasteiger partial charge in [0.2, 0.25) is 0 Å². The van der Waals surface area contributed by atoms with E-state index < -0.39 is 0 Å². The number of rotatable bonds is 1. The van der Waals surface area contributed by atoms with Crippen LogP contribution in [0, 0.1) is 11.8 Å². The Labute approximate surface area is 86.3 Å². The standard InChI is InChI=1S/C12H21NO/c14-12(13-8-4-5-9-13)10-6-2-1-3-7-11(10)12/h10-11,14H,1-9H2. The molecule has 2 atom stereocenters. The van der Waals surface area contributed by atoms with Gasteiger partial charge in [0, 0.05) is 24.9 Å². The monoisotopic (exact) mass is 195 g/mol. The zero-order valence-electron chi connectivity index (χ0n) is 8.91. The molecule has 0 aromatic heterocycles. The number of fused-ring (bicyclic) bond motifs is 1. The Morgan fingerprint density at radius 2 is 1.43 bits per heavy atom. The highest BCUT2D eigenvalue weighted by Gasteiger charge is 2.66. The Morgan fingerprint density at radius 1 is 0.857 bits per heavy atom. The number of likely N-dealkylation sites (tertiary alicyclic amines) is 1. The molecular weight excluding hydrogens is 174 g/mol. The van der Waals surface area contributed by atoms with E-state index in [1.807, 2.05) is 0 Å². The lowest BCUT2D eigenvalue weighted by Crippen LogP contribution is -2.38. The number of hydrogen-bond acceptors (Lipinski definition) is 2. The molecule has 0 spiro atoms. The summed E-state index contributed by atoms with van der Waals surface area (Å²) in [6, 6.07) is 0. The van der Waals surface area contributed by atoms with Crippen LogP contribution in [0.1, 0.15) is 44.9 Å². The minimum atomic E-state index is -0.350. The minimum Gasteiger partial charge on any atom is -0.375 e. The largest absolute Gasteiger partial charge is 0.375 e. The Bertz CT molecular complexity index is 210. The van der Waals surface area contributed by atoms with Crippen LogP contribution in [0.25, 0.3) is 0 Å². The van der Waals surface area contributed by atoms with Crippen molar-refractivity contribution in [3.05, 3.63) is 0 Å². The van der Waals surface area contributed by atoms with Gasteiger partial charge >= 0.3 is 0 Å². The van der Waals surface area contributed by atoms with Gasteiger partial charge < -0.3 is 5.11 Å². The predicted octanol–water partition coefficient (Wildman–Crippen LogP) is 1.98. The molecule has 1 aliphatic heterocycles. The second-order valence-electron chi connectivity index (χ2n) is 5.33. The Morgan fingerprint density at radius 3 is 2.00 bits per heavy atom. The van der Waals surface area contributed by atoms with Crippen LogP contribution in [0.3, 0.4) is 0 Å². The van der Waals surface area contributed by atoms with E-state index >= 15 is 0 Å². The quantitative estimate of drug-likeness (QED) is 0.691. The van der Waals surface area contributed by atoms with Crippen LogP contribution in [-0.4, -0.2) is 28.8 Å². The van der Waals surface area contributed by atoms with Gasteiger partial charge in [-0.1, -0.05) is 19.3 Å². The summed E-state index contributed by atoms with van der Waals surface area (Å²) in [5.74, 6) is 1.26. The van der Waals surface area contributed by atoms with Gasteiger partial charge in [-0.15, -0.1) is 0 Å². The molecule has 0 amide bonds. The van der Waals surface area contributed by atoms with Crippen LogP contribution < -0.4 is 0 Å². The molecule has 3 fully saturated rings. The summed E-state index contributed by atoms with van der Waals surface area (Å²) < 4.78 is 0. The topological polar surface area (TPSA) is 23.5 Å². The van der Waals surface area contributed by atoms with E-state index in [1.165, 1.54) is 44.9 Å². The van der Waals surface area contributed by atoms with Gasteiger partial charge in [0.25, 0.3) is 0 Å². The van der Waals surface area contributed by atoms with Crippen molar-refractivity contribution >= 4 is 0 Å². The number of aliphatic hydroxyl groups is 1. The molecule has 2 nitrogen and oxygen atoms in total. The third kappa shape index (κ3) is 1.17. The molecule has 0 aromatic carbocycles. The van der Waals surface area contributed by atoms with Gasteiger partial charge in [0.05, 0.1) is 0 Å². The molecule has 0 radical (unpaired) electrons. The van der Waals surface area contributed by atoms with Crippen molar-refractivity contribution in [3.63, 3.8) is 0 Å². The summed E-state index contributed by atoms with van der Waals surface area (Å²) >= 11 is 0. The highest BCUT2D eigenvalue weighted by Crippen LogP contribution is 2.59. The normalized spacial score (nSPS) is 48.6. The maximum Gasteiger partial charge on any atom is 0.125 e. The lowest BCUT2D eigenvalue weighted by atomic mass is 10.1. The van der Waals surface area contributed by atoms with E-state index in [-0.39, 0.29) is 5.72 Å². The zero-order valence-corrected chi connectivity index (χ0v) is 8.91. The fourth-order valence-electron chi connectivity index (χ4n) is 3.78. The van der Waals surface area contributed by atoms with Crippen LogP contribution in [0.4, 0.5) is 0 Å². The molecule has 3 rings (SSSR count). The van der Waals surface area contributed by atoms with E-state index in [0.29, 0.717) is 11.8 Å². The zero-order chi connectivity index (χ0) is 9.60. The van der Waals surface area contributed by atoms with Crippen molar-refractivity contribution in [3.8, 4) is 0 Å². The van der Waals surface area contributed by atoms with Crippen LogP contribution in [0.5, 0.6) is 0 Å². The molecule has 14 heavy (non-hydrogen) atoms. The summed E-state index contributed by atoms with van der Waals surface area (Å²) in [6.45, 7) is 2.28. The highest BCUT2D eigenvalue weighted by atomic mass is 16.3. The van der Waals surface area contributed by atoms with Gasteiger partial charge in [-0.2, -0.15) is 0 Å². The number of hydrogen-bond donors (Lipinski definition) is 1. The third-order valence-electron chi connectivity index (χ3n) is 4.61. The summed E-state index contributed by atoms with van der Waals surface area (Å²) in [6.07, 6.45) is 9.22. The minimum absolute atomic E-state index is 0.350. The molecule has 2 unspecified atom stereocenters. The van der Waals surface area contributed by atoms with Crippen molar-refractivity contribution in [2.24, 2.45) is 11.8 Å². The second kappa shape index (κ2) is 3.21. The lowest BCUT2D eigenvalue weighted by molar-refractivity contribution is -0.0349. The average molecular weight is 195 g/mol. The SMILES string of the molecule is OC1(N2CCCC2)C2CCCCCC21. The molecule has 2 heteroatoms. The highest BCUT2D eigenvalue weighted by molar-refractivity contribution is 5.12. The summed E-state index contributed by atoms with van der Waals surface area (Å²) in [7, 11) is 0. The predicted molar refractivity (Wildman–Crippen MR) is 55.8 cm³/mol. The average Bonchev–Trinajstić information content (AvgIpc) is 2.56. The molecule has 1 heterocycles. The van der Waals surface area contributed by atoms with Gasteiger partial charge in [-0.25, -0.2) is 0 Å². The maximum atomic E-state index is 10.6. The first kappa shape index (κ1) is 9.17. The first-order chi connectivity index (χ1) is 6.83. The van der Waals surface area contributed by atoms with Crippen LogP contribution in [0.15, 0.2) is 0 Å². The van der Waals surface area contributed by atoms with E-state index in [9.17, 15) is 5.11 Å². The van der Waals surface area contributed by atoms with Crippen molar-refractivity contribution in [1.82, 2.24) is 4.90 Å². The fourth-order valence-corrected chi connectivity index (χ4v) is 3.78. The second-order valence-corrected chi connectivity index (χ2v) is 5.33. The molecular formula is C12H21NO. The summed E-state index contributed by atoms with van der Waals surface area (Å²) in [5, 5.41) is 10.6. The van der Waals surface area contributed by atoms with Gasteiger partial charge in [-0.3, -0.25) is 4.90 Å². The van der Waals surface area contributed by atoms with E-state index in [4.69, 9.17) is 0 Å². The molecule has 1 N–H and O–H groups in total. The van der Waals surface area contributed by atoms with E-state index in [2.05, 4.69) is 4.90 Å².